The fourth-order valence-corrected chi connectivity index (χ4v) is 3.22. The fourth-order valence-electron chi connectivity index (χ4n) is 3.22. The van der Waals surface area contributed by atoms with Crippen molar-refractivity contribution < 1.29 is 9.59 Å². The van der Waals surface area contributed by atoms with Crippen molar-refractivity contribution in [2.75, 3.05) is 5.32 Å². The number of carbonyl (C=O) groups excluding carboxylic acids is 2. The van der Waals surface area contributed by atoms with E-state index in [0.29, 0.717) is 27.9 Å². The molecule has 0 spiro atoms. The van der Waals surface area contributed by atoms with Crippen LogP contribution in [0.4, 0.5) is 11.4 Å². The lowest BCUT2D eigenvalue weighted by Gasteiger charge is -2.21. The first-order chi connectivity index (χ1) is 12.1. The highest BCUT2D eigenvalue weighted by Crippen LogP contribution is 2.33. The predicted octanol–water partition coefficient (Wildman–Crippen LogP) is 4.82. The minimum atomic E-state index is -0.114. The van der Waals surface area contributed by atoms with Gasteiger partial charge in [0.25, 0.3) is 0 Å². The Morgan fingerprint density at radius 1 is 0.680 bits per heavy atom. The molecule has 0 saturated heterocycles. The van der Waals surface area contributed by atoms with Crippen molar-refractivity contribution in [1.82, 2.24) is 0 Å². The van der Waals surface area contributed by atoms with Crippen LogP contribution in [0.25, 0.3) is 0 Å². The van der Waals surface area contributed by atoms with E-state index < -0.39 is 0 Å². The van der Waals surface area contributed by atoms with Crippen LogP contribution in [0, 0.1) is 13.8 Å². The van der Waals surface area contributed by atoms with Crippen molar-refractivity contribution in [3.63, 3.8) is 0 Å². The van der Waals surface area contributed by atoms with Gasteiger partial charge in [0, 0.05) is 22.4 Å². The third kappa shape index (κ3) is 2.45. The first-order valence-electron chi connectivity index (χ1n) is 8.22. The van der Waals surface area contributed by atoms with E-state index in [4.69, 9.17) is 0 Å². The highest BCUT2D eigenvalue weighted by atomic mass is 16.1. The Bertz CT molecular complexity index is 1030. The number of rotatable bonds is 2. The summed E-state index contributed by atoms with van der Waals surface area (Å²) in [5, 5.41) is 3.31. The zero-order chi connectivity index (χ0) is 17.6. The van der Waals surface area contributed by atoms with E-state index in [2.05, 4.69) is 12.2 Å². The topological polar surface area (TPSA) is 46.2 Å². The minimum Gasteiger partial charge on any atom is -0.355 e. The monoisotopic (exact) mass is 327 g/mol. The summed E-state index contributed by atoms with van der Waals surface area (Å²) in [6, 6.07) is 18.4. The molecule has 1 aliphatic carbocycles. The molecule has 3 aromatic rings. The molecule has 25 heavy (non-hydrogen) atoms. The van der Waals surface area contributed by atoms with Crippen LogP contribution in [-0.4, -0.2) is 11.6 Å². The second-order valence-corrected chi connectivity index (χ2v) is 6.36. The summed E-state index contributed by atoms with van der Waals surface area (Å²) < 4.78 is 0. The normalized spacial score (nSPS) is 12.6. The Hall–Kier alpha value is -3.20. The molecule has 0 aliphatic heterocycles. The van der Waals surface area contributed by atoms with E-state index in [1.54, 1.807) is 36.4 Å². The zero-order valence-electron chi connectivity index (χ0n) is 14.1. The average molecular weight is 327 g/mol. The van der Waals surface area contributed by atoms with Gasteiger partial charge in [0.2, 0.25) is 0 Å². The standard InChI is InChI=1S/C22H17NO2/c1-13-10-11-15(12-14(13)2)23-19-9-5-8-18-20(19)22(25)17-7-4-3-6-16(17)21(18)24/h3-12,23H,1-2H3. The Morgan fingerprint density at radius 3 is 2.08 bits per heavy atom. The Morgan fingerprint density at radius 2 is 1.36 bits per heavy atom. The highest BCUT2D eigenvalue weighted by molar-refractivity contribution is 6.30. The van der Waals surface area contributed by atoms with Crippen molar-refractivity contribution in [1.29, 1.82) is 0 Å². The summed E-state index contributed by atoms with van der Waals surface area (Å²) in [5.41, 5.74) is 5.78. The van der Waals surface area contributed by atoms with Crippen LogP contribution in [0.5, 0.6) is 0 Å². The average Bonchev–Trinajstić information content (AvgIpc) is 2.63. The molecular weight excluding hydrogens is 310 g/mol. The third-order valence-corrected chi connectivity index (χ3v) is 4.74. The Balaban J connectivity index is 1.83. The Labute approximate surface area is 146 Å². The number of nitrogens with one attached hydrogen (secondary N) is 1. The lowest BCUT2D eigenvalue weighted by Crippen LogP contribution is -2.22. The van der Waals surface area contributed by atoms with Crippen molar-refractivity contribution in [2.45, 2.75) is 13.8 Å². The SMILES string of the molecule is Cc1ccc(Nc2cccc3c2C(=O)c2ccccc2C3=O)cc1C. The van der Waals surface area contributed by atoms with Gasteiger partial charge < -0.3 is 5.32 Å². The van der Waals surface area contributed by atoms with Crippen molar-refractivity contribution >= 4 is 22.9 Å². The Kier molecular flexibility index (Phi) is 3.50. The molecule has 4 rings (SSSR count). The first-order valence-corrected chi connectivity index (χ1v) is 8.22. The van der Waals surface area contributed by atoms with Crippen molar-refractivity contribution in [3.8, 4) is 0 Å². The van der Waals surface area contributed by atoms with Gasteiger partial charge >= 0.3 is 0 Å². The second kappa shape index (κ2) is 5.71. The molecule has 0 saturated carbocycles. The number of benzene rings is 3. The molecule has 1 aliphatic rings. The lowest BCUT2D eigenvalue weighted by molar-refractivity contribution is 0.0979. The van der Waals surface area contributed by atoms with Crippen LogP contribution in [0.15, 0.2) is 60.7 Å². The van der Waals surface area contributed by atoms with E-state index in [1.807, 2.05) is 31.2 Å². The van der Waals surface area contributed by atoms with Gasteiger partial charge in [-0.25, -0.2) is 0 Å². The molecule has 3 heteroatoms. The van der Waals surface area contributed by atoms with Gasteiger partial charge in [-0.2, -0.15) is 0 Å². The van der Waals surface area contributed by atoms with E-state index in [-0.39, 0.29) is 11.6 Å². The molecule has 3 nitrogen and oxygen atoms in total. The third-order valence-electron chi connectivity index (χ3n) is 4.74. The van der Waals surface area contributed by atoms with Crippen LogP contribution in [0.1, 0.15) is 43.0 Å². The molecule has 3 aromatic carbocycles. The number of fused-ring (bicyclic) bond motifs is 2. The maximum Gasteiger partial charge on any atom is 0.196 e. The molecule has 0 fully saturated rings. The molecule has 0 unspecified atom stereocenters. The molecular formula is C22H17NO2. The van der Waals surface area contributed by atoms with E-state index in [9.17, 15) is 9.59 Å². The molecule has 0 heterocycles. The molecule has 0 bridgehead atoms. The first kappa shape index (κ1) is 15.3. The van der Waals surface area contributed by atoms with E-state index >= 15 is 0 Å². The fraction of sp³-hybridized carbons (Fsp3) is 0.0909. The maximum atomic E-state index is 13.0. The summed E-state index contributed by atoms with van der Waals surface area (Å²) in [5.74, 6) is -0.217. The van der Waals surface area contributed by atoms with Gasteiger partial charge in [-0.1, -0.05) is 42.5 Å². The molecule has 0 radical (unpaired) electrons. The summed E-state index contributed by atoms with van der Waals surface area (Å²) in [6.45, 7) is 4.11. The summed E-state index contributed by atoms with van der Waals surface area (Å²) in [7, 11) is 0. The van der Waals surface area contributed by atoms with Crippen molar-refractivity contribution in [2.24, 2.45) is 0 Å². The number of anilines is 2. The largest absolute Gasteiger partial charge is 0.355 e. The smallest absolute Gasteiger partial charge is 0.196 e. The van der Waals surface area contributed by atoms with Crippen LogP contribution in [0.3, 0.4) is 0 Å². The second-order valence-electron chi connectivity index (χ2n) is 6.36. The van der Waals surface area contributed by atoms with Crippen LogP contribution >= 0.6 is 0 Å². The van der Waals surface area contributed by atoms with Gasteiger partial charge in [-0.3, -0.25) is 9.59 Å². The van der Waals surface area contributed by atoms with Crippen molar-refractivity contribution in [3.05, 3.63) is 94.0 Å². The molecule has 122 valence electrons. The predicted molar refractivity (Wildman–Crippen MR) is 98.9 cm³/mol. The van der Waals surface area contributed by atoms with Gasteiger partial charge in [-0.15, -0.1) is 0 Å². The zero-order valence-corrected chi connectivity index (χ0v) is 14.1. The molecule has 1 N–H and O–H groups in total. The quantitative estimate of drug-likeness (QED) is 0.574. The van der Waals surface area contributed by atoms with Gasteiger partial charge in [-0.05, 0) is 43.2 Å². The molecule has 0 atom stereocenters. The number of hydrogen-bond donors (Lipinski definition) is 1. The maximum absolute atomic E-state index is 13.0. The highest BCUT2D eigenvalue weighted by Gasteiger charge is 2.31. The lowest BCUT2D eigenvalue weighted by atomic mass is 9.83. The van der Waals surface area contributed by atoms with Gasteiger partial charge in [0.1, 0.15) is 0 Å². The molecule has 0 amide bonds. The number of hydrogen-bond acceptors (Lipinski definition) is 3. The summed E-state index contributed by atoms with van der Waals surface area (Å²) in [4.78, 5) is 25.8. The van der Waals surface area contributed by atoms with Gasteiger partial charge in [0.05, 0.1) is 11.3 Å². The summed E-state index contributed by atoms with van der Waals surface area (Å²) >= 11 is 0. The minimum absolute atomic E-state index is 0.103. The van der Waals surface area contributed by atoms with Crippen LogP contribution in [0.2, 0.25) is 0 Å². The molecule has 0 aromatic heterocycles. The van der Waals surface area contributed by atoms with E-state index in [1.165, 1.54) is 11.1 Å². The number of carbonyl (C=O) groups is 2. The van der Waals surface area contributed by atoms with Crippen LogP contribution < -0.4 is 5.32 Å². The van der Waals surface area contributed by atoms with E-state index in [0.717, 1.165) is 5.69 Å². The number of ketones is 2. The summed E-state index contributed by atoms with van der Waals surface area (Å²) in [6.07, 6.45) is 0. The van der Waals surface area contributed by atoms with Gasteiger partial charge in [0.15, 0.2) is 11.6 Å². The van der Waals surface area contributed by atoms with Crippen LogP contribution in [-0.2, 0) is 0 Å². The number of aryl methyl sites for hydroxylation is 2.